The highest BCUT2D eigenvalue weighted by Crippen LogP contribution is 2.24. The van der Waals surface area contributed by atoms with Crippen molar-refractivity contribution >= 4 is 16.7 Å². The Labute approximate surface area is 111 Å². The molecule has 0 saturated carbocycles. The van der Waals surface area contributed by atoms with Gasteiger partial charge in [0, 0.05) is 28.9 Å². The molecule has 0 amide bonds. The first kappa shape index (κ1) is 11.5. The lowest BCUT2D eigenvalue weighted by Crippen LogP contribution is -1.97. The number of aromatic nitrogens is 2. The fraction of sp³-hybridized carbons (Fsp3) is 0.0625. The van der Waals surface area contributed by atoms with Crippen molar-refractivity contribution in [1.82, 2.24) is 9.97 Å². The number of Topliss-reactive ketones (excluding diaryl/α,β-unsaturated/α-hetero) is 1. The number of para-hydroxylation sites is 1. The summed E-state index contributed by atoms with van der Waals surface area (Å²) in [6, 6.07) is 13.3. The van der Waals surface area contributed by atoms with Gasteiger partial charge in [-0.25, -0.2) is 4.98 Å². The predicted octanol–water partition coefficient (Wildman–Crippen LogP) is 3.50. The number of nitrogens with zero attached hydrogens (tertiary/aromatic N) is 2. The van der Waals surface area contributed by atoms with E-state index in [1.165, 1.54) is 0 Å². The summed E-state index contributed by atoms with van der Waals surface area (Å²) in [5.74, 6) is 0.0499. The first-order valence-corrected chi connectivity index (χ1v) is 6.07. The fourth-order valence-electron chi connectivity index (χ4n) is 2.14. The van der Waals surface area contributed by atoms with Crippen LogP contribution < -0.4 is 0 Å². The van der Waals surface area contributed by atoms with Crippen molar-refractivity contribution in [2.45, 2.75) is 6.92 Å². The molecule has 0 radical (unpaired) electrons. The molecule has 3 nitrogen and oxygen atoms in total. The highest BCUT2D eigenvalue weighted by molar-refractivity contribution is 6.07. The number of fused-ring (bicyclic) bond motifs is 1. The van der Waals surface area contributed by atoms with E-state index >= 15 is 0 Å². The van der Waals surface area contributed by atoms with Crippen molar-refractivity contribution < 1.29 is 4.79 Å². The van der Waals surface area contributed by atoms with Gasteiger partial charge in [0.15, 0.2) is 5.78 Å². The normalized spacial score (nSPS) is 10.6. The smallest absolute Gasteiger partial charge is 0.160 e. The third-order valence-corrected chi connectivity index (χ3v) is 3.07. The molecule has 19 heavy (non-hydrogen) atoms. The van der Waals surface area contributed by atoms with E-state index in [2.05, 4.69) is 9.97 Å². The van der Waals surface area contributed by atoms with E-state index in [9.17, 15) is 4.79 Å². The fourth-order valence-corrected chi connectivity index (χ4v) is 2.14. The molecule has 0 N–H and O–H groups in total. The molecular weight excluding hydrogens is 236 g/mol. The van der Waals surface area contributed by atoms with E-state index < -0.39 is 0 Å². The summed E-state index contributed by atoms with van der Waals surface area (Å²) in [5.41, 5.74) is 3.30. The Kier molecular flexibility index (Phi) is 2.80. The largest absolute Gasteiger partial charge is 0.294 e. The zero-order valence-corrected chi connectivity index (χ0v) is 10.5. The van der Waals surface area contributed by atoms with Gasteiger partial charge in [0.05, 0.1) is 11.2 Å². The molecule has 0 bridgehead atoms. The van der Waals surface area contributed by atoms with Gasteiger partial charge in [-0.15, -0.1) is 0 Å². The Morgan fingerprint density at radius 2 is 1.79 bits per heavy atom. The van der Waals surface area contributed by atoms with Crippen molar-refractivity contribution in [2.24, 2.45) is 0 Å². The van der Waals surface area contributed by atoms with Gasteiger partial charge in [-0.1, -0.05) is 18.2 Å². The summed E-state index contributed by atoms with van der Waals surface area (Å²) in [7, 11) is 0. The van der Waals surface area contributed by atoms with Crippen molar-refractivity contribution in [3.05, 3.63) is 60.4 Å². The molecule has 0 fully saturated rings. The van der Waals surface area contributed by atoms with Gasteiger partial charge in [0.2, 0.25) is 0 Å². The molecule has 0 atom stereocenters. The Hall–Kier alpha value is -2.55. The zero-order chi connectivity index (χ0) is 13.2. The summed E-state index contributed by atoms with van der Waals surface area (Å²) >= 11 is 0. The molecule has 2 aromatic heterocycles. The second kappa shape index (κ2) is 4.61. The van der Waals surface area contributed by atoms with E-state index in [1.807, 2.05) is 42.5 Å². The highest BCUT2D eigenvalue weighted by Gasteiger charge is 2.10. The topological polar surface area (TPSA) is 42.9 Å². The van der Waals surface area contributed by atoms with E-state index in [1.54, 1.807) is 19.3 Å². The SMILES string of the molecule is CC(=O)c1cc(-c2ccncc2)nc2ccccc12. The van der Waals surface area contributed by atoms with Crippen LogP contribution in [0.4, 0.5) is 0 Å². The maximum atomic E-state index is 11.8. The van der Waals surface area contributed by atoms with Gasteiger partial charge in [0.1, 0.15) is 0 Å². The maximum absolute atomic E-state index is 11.8. The molecule has 0 saturated heterocycles. The Bertz CT molecular complexity index is 751. The van der Waals surface area contributed by atoms with Crippen LogP contribution in [0.5, 0.6) is 0 Å². The van der Waals surface area contributed by atoms with Crippen LogP contribution in [0.3, 0.4) is 0 Å². The van der Waals surface area contributed by atoms with Crippen LogP contribution in [0, 0.1) is 0 Å². The molecule has 0 aliphatic rings. The third kappa shape index (κ3) is 2.10. The van der Waals surface area contributed by atoms with Gasteiger partial charge < -0.3 is 0 Å². The van der Waals surface area contributed by atoms with Crippen LogP contribution in [-0.2, 0) is 0 Å². The first-order valence-electron chi connectivity index (χ1n) is 6.07. The number of pyridine rings is 2. The number of ketones is 1. The van der Waals surface area contributed by atoms with Crippen LogP contribution >= 0.6 is 0 Å². The van der Waals surface area contributed by atoms with Crippen LogP contribution in [0.1, 0.15) is 17.3 Å². The van der Waals surface area contributed by atoms with Crippen LogP contribution in [-0.4, -0.2) is 15.8 Å². The van der Waals surface area contributed by atoms with E-state index in [0.29, 0.717) is 5.56 Å². The van der Waals surface area contributed by atoms with Crippen molar-refractivity contribution in [3.63, 3.8) is 0 Å². The number of benzene rings is 1. The standard InChI is InChI=1S/C16H12N2O/c1-11(19)14-10-16(12-6-8-17-9-7-12)18-15-5-3-2-4-13(14)15/h2-10H,1H3. The lowest BCUT2D eigenvalue weighted by molar-refractivity contribution is 0.101. The van der Waals surface area contributed by atoms with Gasteiger partial charge in [0.25, 0.3) is 0 Å². The van der Waals surface area contributed by atoms with Crippen molar-refractivity contribution in [1.29, 1.82) is 0 Å². The third-order valence-electron chi connectivity index (χ3n) is 3.07. The molecule has 0 aliphatic carbocycles. The Morgan fingerprint density at radius 3 is 2.53 bits per heavy atom. The molecular formula is C16H12N2O. The zero-order valence-electron chi connectivity index (χ0n) is 10.5. The molecule has 1 aromatic carbocycles. The lowest BCUT2D eigenvalue weighted by atomic mass is 10.0. The summed E-state index contributed by atoms with van der Waals surface area (Å²) in [4.78, 5) is 20.4. The van der Waals surface area contributed by atoms with Crippen LogP contribution in [0.15, 0.2) is 54.9 Å². The monoisotopic (exact) mass is 248 g/mol. The number of carbonyl (C=O) groups excluding carboxylic acids is 1. The number of hydrogen-bond acceptors (Lipinski definition) is 3. The molecule has 0 spiro atoms. The van der Waals surface area contributed by atoms with Crippen LogP contribution in [0.25, 0.3) is 22.2 Å². The molecule has 3 rings (SSSR count). The predicted molar refractivity (Wildman–Crippen MR) is 75.0 cm³/mol. The quantitative estimate of drug-likeness (QED) is 0.652. The molecule has 0 unspecified atom stereocenters. The summed E-state index contributed by atoms with van der Waals surface area (Å²) < 4.78 is 0. The second-order valence-corrected chi connectivity index (χ2v) is 4.36. The van der Waals surface area contributed by atoms with E-state index in [4.69, 9.17) is 0 Å². The van der Waals surface area contributed by atoms with Gasteiger partial charge in [-0.05, 0) is 31.2 Å². The van der Waals surface area contributed by atoms with E-state index in [0.717, 1.165) is 22.2 Å². The van der Waals surface area contributed by atoms with Gasteiger partial charge >= 0.3 is 0 Å². The molecule has 3 aromatic rings. The number of carbonyl (C=O) groups is 1. The number of hydrogen-bond donors (Lipinski definition) is 0. The summed E-state index contributed by atoms with van der Waals surface area (Å²) in [6.45, 7) is 1.58. The minimum absolute atomic E-state index is 0.0499. The molecule has 2 heterocycles. The lowest BCUT2D eigenvalue weighted by Gasteiger charge is -2.07. The highest BCUT2D eigenvalue weighted by atomic mass is 16.1. The maximum Gasteiger partial charge on any atom is 0.160 e. The average molecular weight is 248 g/mol. The van der Waals surface area contributed by atoms with E-state index in [-0.39, 0.29) is 5.78 Å². The first-order chi connectivity index (χ1) is 9.25. The Morgan fingerprint density at radius 1 is 1.05 bits per heavy atom. The minimum Gasteiger partial charge on any atom is -0.294 e. The molecule has 3 heteroatoms. The average Bonchev–Trinajstić information content (AvgIpc) is 2.47. The number of rotatable bonds is 2. The molecule has 92 valence electrons. The van der Waals surface area contributed by atoms with Crippen LogP contribution in [0.2, 0.25) is 0 Å². The summed E-state index contributed by atoms with van der Waals surface area (Å²) in [6.07, 6.45) is 3.44. The van der Waals surface area contributed by atoms with Gasteiger partial charge in [-0.2, -0.15) is 0 Å². The second-order valence-electron chi connectivity index (χ2n) is 4.36. The minimum atomic E-state index is 0.0499. The summed E-state index contributed by atoms with van der Waals surface area (Å²) in [5, 5.41) is 0.896. The van der Waals surface area contributed by atoms with Crippen molar-refractivity contribution in [2.75, 3.05) is 0 Å². The van der Waals surface area contributed by atoms with Crippen molar-refractivity contribution in [3.8, 4) is 11.3 Å². The molecule has 0 aliphatic heterocycles. The Balaban J connectivity index is 2.31. The van der Waals surface area contributed by atoms with Gasteiger partial charge in [-0.3, -0.25) is 9.78 Å².